The van der Waals surface area contributed by atoms with Gasteiger partial charge in [-0.2, -0.15) is 0 Å². The second-order valence-corrected chi connectivity index (χ2v) is 6.54. The summed E-state index contributed by atoms with van der Waals surface area (Å²) in [4.78, 5) is 4.66. The summed E-state index contributed by atoms with van der Waals surface area (Å²) in [6, 6.07) is 5.49. The summed E-state index contributed by atoms with van der Waals surface area (Å²) in [7, 11) is 0. The minimum absolute atomic E-state index is 0.0398. The Morgan fingerprint density at radius 3 is 2.89 bits per heavy atom. The van der Waals surface area contributed by atoms with Crippen LogP contribution in [0.2, 0.25) is 5.02 Å². The summed E-state index contributed by atoms with van der Waals surface area (Å²) in [6.07, 6.45) is 1.00. The number of fused-ring (bicyclic) bond motifs is 2. The van der Waals surface area contributed by atoms with Crippen LogP contribution in [-0.4, -0.2) is 10.1 Å². The van der Waals surface area contributed by atoms with Crippen molar-refractivity contribution < 1.29 is 5.11 Å². The number of aliphatic hydroxyl groups excluding tert-OH is 1. The molecule has 1 aromatic heterocycles. The van der Waals surface area contributed by atoms with E-state index in [0.29, 0.717) is 17.1 Å². The highest BCUT2D eigenvalue weighted by Gasteiger charge is 2.34. The molecule has 1 unspecified atom stereocenters. The maximum absolute atomic E-state index is 10.3. The van der Waals surface area contributed by atoms with Gasteiger partial charge in [0, 0.05) is 27.4 Å². The van der Waals surface area contributed by atoms with Gasteiger partial charge in [-0.25, -0.2) is 0 Å². The fraction of sp³-hybridized carbons (Fsp3) is 0.400. The highest BCUT2D eigenvalue weighted by molar-refractivity contribution is 6.31. The van der Waals surface area contributed by atoms with E-state index in [-0.39, 0.29) is 5.41 Å². The minimum atomic E-state index is -0.536. The average molecular weight is 277 g/mol. The van der Waals surface area contributed by atoms with Crippen LogP contribution < -0.4 is 5.73 Å². The Labute approximate surface area is 117 Å². The predicted molar refractivity (Wildman–Crippen MR) is 78.2 cm³/mol. The Balaban J connectivity index is 2.30. The first kappa shape index (κ1) is 12.7. The molecule has 4 heteroatoms. The first-order chi connectivity index (χ1) is 8.87. The van der Waals surface area contributed by atoms with E-state index in [0.717, 1.165) is 28.6 Å². The van der Waals surface area contributed by atoms with Crippen LogP contribution in [0.25, 0.3) is 10.9 Å². The standard InChI is InChI=1S/C15H17ClN2O/c1-15(2)6-11-13(12(19)7-15)14(17)9-4-3-8(16)5-10(9)18-11/h3-5,12,19H,6-7H2,1-2H3,(H2,17,18). The van der Waals surface area contributed by atoms with Gasteiger partial charge in [0.05, 0.1) is 11.6 Å². The second-order valence-electron chi connectivity index (χ2n) is 6.11. The molecule has 19 heavy (non-hydrogen) atoms. The van der Waals surface area contributed by atoms with Crippen molar-refractivity contribution in [3.63, 3.8) is 0 Å². The van der Waals surface area contributed by atoms with Gasteiger partial charge >= 0.3 is 0 Å². The Morgan fingerprint density at radius 1 is 1.42 bits per heavy atom. The lowest BCUT2D eigenvalue weighted by atomic mass is 9.74. The van der Waals surface area contributed by atoms with Gasteiger partial charge in [-0.15, -0.1) is 0 Å². The van der Waals surface area contributed by atoms with Crippen molar-refractivity contribution in [1.82, 2.24) is 4.98 Å². The summed E-state index contributed by atoms with van der Waals surface area (Å²) >= 11 is 6.01. The first-order valence-corrected chi connectivity index (χ1v) is 6.81. The molecule has 0 fully saturated rings. The summed E-state index contributed by atoms with van der Waals surface area (Å²) in [5.41, 5.74) is 9.40. The maximum Gasteiger partial charge on any atom is 0.0833 e. The number of pyridine rings is 1. The molecule has 1 aromatic carbocycles. The number of halogens is 1. The molecule has 100 valence electrons. The van der Waals surface area contributed by atoms with E-state index in [1.807, 2.05) is 12.1 Å². The lowest BCUT2D eigenvalue weighted by Gasteiger charge is -2.34. The van der Waals surface area contributed by atoms with Gasteiger partial charge in [-0.05, 0) is 36.5 Å². The van der Waals surface area contributed by atoms with Gasteiger partial charge in [0.25, 0.3) is 0 Å². The number of rotatable bonds is 0. The molecule has 0 spiro atoms. The van der Waals surface area contributed by atoms with E-state index >= 15 is 0 Å². The zero-order valence-corrected chi connectivity index (χ0v) is 11.8. The van der Waals surface area contributed by atoms with Crippen LogP contribution >= 0.6 is 11.6 Å². The van der Waals surface area contributed by atoms with Crippen LogP contribution in [0, 0.1) is 5.41 Å². The molecule has 3 nitrogen and oxygen atoms in total. The van der Waals surface area contributed by atoms with Crippen LogP contribution in [0.5, 0.6) is 0 Å². The third-order valence-electron chi connectivity index (χ3n) is 3.83. The molecule has 0 saturated heterocycles. The van der Waals surface area contributed by atoms with Gasteiger partial charge < -0.3 is 10.8 Å². The molecule has 1 aliphatic carbocycles. The monoisotopic (exact) mass is 276 g/mol. The number of nitrogens with two attached hydrogens (primary N) is 1. The van der Waals surface area contributed by atoms with Crippen molar-refractivity contribution in [2.75, 3.05) is 5.73 Å². The zero-order valence-electron chi connectivity index (χ0n) is 11.1. The van der Waals surface area contributed by atoms with Gasteiger partial charge in [-0.3, -0.25) is 4.98 Å². The molecule has 0 aliphatic heterocycles. The van der Waals surface area contributed by atoms with E-state index in [1.165, 1.54) is 0 Å². The zero-order chi connectivity index (χ0) is 13.8. The number of aromatic nitrogens is 1. The number of hydrogen-bond acceptors (Lipinski definition) is 3. The van der Waals surface area contributed by atoms with Gasteiger partial charge in [-0.1, -0.05) is 25.4 Å². The van der Waals surface area contributed by atoms with E-state index in [1.54, 1.807) is 6.07 Å². The van der Waals surface area contributed by atoms with Crippen LogP contribution in [0.3, 0.4) is 0 Å². The molecule has 1 atom stereocenters. The largest absolute Gasteiger partial charge is 0.398 e. The Bertz CT molecular complexity index is 667. The molecular formula is C15H17ClN2O. The maximum atomic E-state index is 10.3. The smallest absolute Gasteiger partial charge is 0.0833 e. The topological polar surface area (TPSA) is 59.1 Å². The quantitative estimate of drug-likeness (QED) is 0.774. The summed E-state index contributed by atoms with van der Waals surface area (Å²) in [6.45, 7) is 4.28. The van der Waals surface area contributed by atoms with Crippen LogP contribution in [-0.2, 0) is 6.42 Å². The van der Waals surface area contributed by atoms with Crippen molar-refractivity contribution >= 4 is 28.2 Å². The molecule has 0 radical (unpaired) electrons. The summed E-state index contributed by atoms with van der Waals surface area (Å²) in [5, 5.41) is 11.9. The van der Waals surface area contributed by atoms with Crippen molar-refractivity contribution in [3.05, 3.63) is 34.5 Å². The SMILES string of the molecule is CC1(C)Cc2nc3cc(Cl)ccc3c(N)c2C(O)C1. The van der Waals surface area contributed by atoms with E-state index in [2.05, 4.69) is 18.8 Å². The normalized spacial score (nSPS) is 21.4. The van der Waals surface area contributed by atoms with Crippen LogP contribution in [0.4, 0.5) is 5.69 Å². The van der Waals surface area contributed by atoms with Gasteiger partial charge in [0.15, 0.2) is 0 Å². The molecule has 2 aromatic rings. The highest BCUT2D eigenvalue weighted by atomic mass is 35.5. The molecule has 0 saturated carbocycles. The minimum Gasteiger partial charge on any atom is -0.398 e. The predicted octanol–water partition coefficient (Wildman–Crippen LogP) is 3.48. The third kappa shape index (κ3) is 2.07. The summed E-state index contributed by atoms with van der Waals surface area (Å²) < 4.78 is 0. The van der Waals surface area contributed by atoms with Crippen molar-refractivity contribution in [2.45, 2.75) is 32.8 Å². The van der Waals surface area contributed by atoms with Crippen molar-refractivity contribution in [1.29, 1.82) is 0 Å². The number of nitrogen functional groups attached to an aromatic ring is 1. The van der Waals surface area contributed by atoms with Gasteiger partial charge in [0.2, 0.25) is 0 Å². The number of benzene rings is 1. The number of hydrogen-bond donors (Lipinski definition) is 2. The molecule has 1 aliphatic rings. The molecule has 3 rings (SSSR count). The van der Waals surface area contributed by atoms with E-state index in [4.69, 9.17) is 17.3 Å². The van der Waals surface area contributed by atoms with Crippen molar-refractivity contribution in [2.24, 2.45) is 5.41 Å². The third-order valence-corrected chi connectivity index (χ3v) is 4.07. The van der Waals surface area contributed by atoms with E-state index in [9.17, 15) is 5.11 Å². The molecule has 0 bridgehead atoms. The van der Waals surface area contributed by atoms with Gasteiger partial charge in [0.1, 0.15) is 0 Å². The average Bonchev–Trinajstić information content (AvgIpc) is 2.25. The highest BCUT2D eigenvalue weighted by Crippen LogP contribution is 2.44. The first-order valence-electron chi connectivity index (χ1n) is 6.43. The number of nitrogens with zero attached hydrogens (tertiary/aromatic N) is 1. The van der Waals surface area contributed by atoms with Crippen molar-refractivity contribution in [3.8, 4) is 0 Å². The fourth-order valence-corrected chi connectivity index (χ4v) is 3.16. The molecule has 1 heterocycles. The Hall–Kier alpha value is -1.32. The summed E-state index contributed by atoms with van der Waals surface area (Å²) in [5.74, 6) is 0. The lowest BCUT2D eigenvalue weighted by Crippen LogP contribution is -2.27. The van der Waals surface area contributed by atoms with Crippen LogP contribution in [0.1, 0.15) is 37.6 Å². The fourth-order valence-electron chi connectivity index (χ4n) is 2.99. The van der Waals surface area contributed by atoms with E-state index < -0.39 is 6.10 Å². The Morgan fingerprint density at radius 2 is 2.16 bits per heavy atom. The molecule has 0 amide bonds. The Kier molecular flexibility index (Phi) is 2.73. The van der Waals surface area contributed by atoms with Crippen LogP contribution in [0.15, 0.2) is 18.2 Å². The molecule has 3 N–H and O–H groups in total. The number of anilines is 1. The second kappa shape index (κ2) is 4.09. The molecular weight excluding hydrogens is 260 g/mol. The number of aliphatic hydroxyl groups is 1. The lowest BCUT2D eigenvalue weighted by molar-refractivity contribution is 0.0992.